The van der Waals surface area contributed by atoms with E-state index in [0.717, 1.165) is 0 Å². The molecule has 0 spiro atoms. The van der Waals surface area contributed by atoms with Crippen LogP contribution in [0.15, 0.2) is 60.0 Å². The number of ether oxygens (including phenoxy) is 4. The number of para-hydroxylation sites is 1. The van der Waals surface area contributed by atoms with Crippen LogP contribution in [0.5, 0.6) is 11.5 Å². The number of Topliss-reactive ketones (excluding diaryl/α,β-unsaturated/α-hetero) is 2. The van der Waals surface area contributed by atoms with Crippen molar-refractivity contribution in [2.24, 2.45) is 0 Å². The number of hydrogen-bond acceptors (Lipinski definition) is 6. The fourth-order valence-electron chi connectivity index (χ4n) is 3.17. The van der Waals surface area contributed by atoms with Crippen LogP contribution in [0, 0.1) is 0 Å². The quantitative estimate of drug-likeness (QED) is 0.717. The van der Waals surface area contributed by atoms with Gasteiger partial charge >= 0.3 is 0 Å². The van der Waals surface area contributed by atoms with Crippen LogP contribution in [0.25, 0.3) is 11.1 Å². The number of ketones is 2. The molecule has 0 amide bonds. The highest BCUT2D eigenvalue weighted by Crippen LogP contribution is 2.39. The van der Waals surface area contributed by atoms with E-state index >= 15 is 0 Å². The Balaban J connectivity index is 2.21. The summed E-state index contributed by atoms with van der Waals surface area (Å²) in [7, 11) is 5.77. The lowest BCUT2D eigenvalue weighted by molar-refractivity contribution is -0.117. The molecule has 1 aliphatic carbocycles. The van der Waals surface area contributed by atoms with Crippen LogP contribution >= 0.6 is 0 Å². The van der Waals surface area contributed by atoms with E-state index < -0.39 is 11.6 Å². The van der Waals surface area contributed by atoms with Gasteiger partial charge in [0.1, 0.15) is 11.5 Å². The summed E-state index contributed by atoms with van der Waals surface area (Å²) in [4.78, 5) is 26.6. The second-order valence-corrected chi connectivity index (χ2v) is 5.90. The third-order valence-corrected chi connectivity index (χ3v) is 4.48. The Labute approximate surface area is 163 Å². The van der Waals surface area contributed by atoms with Crippen LogP contribution in [0.1, 0.15) is 11.1 Å². The Bertz CT molecular complexity index is 982. The lowest BCUT2D eigenvalue weighted by atomic mass is 9.85. The summed E-state index contributed by atoms with van der Waals surface area (Å²) < 4.78 is 21.2. The van der Waals surface area contributed by atoms with E-state index in [1.54, 1.807) is 55.6 Å². The van der Waals surface area contributed by atoms with Crippen molar-refractivity contribution in [3.8, 4) is 11.5 Å². The average molecular weight is 380 g/mol. The molecule has 3 rings (SSSR count). The Morgan fingerprint density at radius 3 is 1.75 bits per heavy atom. The van der Waals surface area contributed by atoms with Crippen molar-refractivity contribution >= 4 is 22.7 Å². The minimum atomic E-state index is -0.450. The van der Waals surface area contributed by atoms with E-state index in [9.17, 15) is 9.59 Å². The van der Waals surface area contributed by atoms with Crippen molar-refractivity contribution in [1.29, 1.82) is 0 Å². The number of carbonyl (C=O) groups is 2. The molecule has 0 heterocycles. The molecular weight excluding hydrogens is 360 g/mol. The van der Waals surface area contributed by atoms with Gasteiger partial charge in [0, 0.05) is 5.56 Å². The first-order valence-corrected chi connectivity index (χ1v) is 8.51. The van der Waals surface area contributed by atoms with Gasteiger partial charge < -0.3 is 18.9 Å². The molecule has 1 aliphatic rings. The first-order chi connectivity index (χ1) is 13.6. The molecule has 28 heavy (non-hydrogen) atoms. The van der Waals surface area contributed by atoms with Gasteiger partial charge in [0.2, 0.25) is 11.6 Å². The van der Waals surface area contributed by atoms with Crippen LogP contribution in [-0.4, -0.2) is 40.0 Å². The molecule has 0 saturated heterocycles. The van der Waals surface area contributed by atoms with Crippen LogP contribution in [0.2, 0.25) is 0 Å². The molecule has 6 nitrogen and oxygen atoms in total. The summed E-state index contributed by atoms with van der Waals surface area (Å²) in [5, 5.41) is 0. The summed E-state index contributed by atoms with van der Waals surface area (Å²) in [6.45, 7) is 0. The number of carbonyl (C=O) groups excluding carboxylic acids is 2. The highest BCUT2D eigenvalue weighted by Gasteiger charge is 2.39. The van der Waals surface area contributed by atoms with E-state index in [0.29, 0.717) is 22.6 Å². The van der Waals surface area contributed by atoms with Crippen molar-refractivity contribution in [3.63, 3.8) is 0 Å². The maximum atomic E-state index is 13.3. The molecule has 0 bridgehead atoms. The molecular formula is C22H20O6. The molecule has 2 aromatic carbocycles. The number of hydrogen-bond donors (Lipinski definition) is 0. The highest BCUT2D eigenvalue weighted by atomic mass is 16.5. The van der Waals surface area contributed by atoms with Crippen molar-refractivity contribution in [1.82, 2.24) is 0 Å². The SMILES string of the molecule is COC1=C(c2ccc(OC)cc2)C(=O)C(OC)=C(c2ccccc2OC)C1=O. The van der Waals surface area contributed by atoms with Gasteiger partial charge in [0.15, 0.2) is 11.5 Å². The molecule has 0 fully saturated rings. The molecule has 0 atom stereocenters. The van der Waals surface area contributed by atoms with E-state index in [1.165, 1.54) is 21.3 Å². The molecule has 0 unspecified atom stereocenters. The fourth-order valence-corrected chi connectivity index (χ4v) is 3.17. The zero-order valence-electron chi connectivity index (χ0n) is 16.1. The fraction of sp³-hybridized carbons (Fsp3) is 0.182. The third kappa shape index (κ3) is 3.13. The molecule has 2 aromatic rings. The molecule has 0 aromatic heterocycles. The summed E-state index contributed by atoms with van der Waals surface area (Å²) in [6.07, 6.45) is 0. The Morgan fingerprint density at radius 2 is 1.18 bits per heavy atom. The second kappa shape index (κ2) is 8.00. The maximum absolute atomic E-state index is 13.3. The normalized spacial score (nSPS) is 14.3. The summed E-state index contributed by atoms with van der Waals surface area (Å²) in [6, 6.07) is 13.7. The van der Waals surface area contributed by atoms with Crippen LogP contribution in [0.3, 0.4) is 0 Å². The molecule has 0 radical (unpaired) electrons. The number of methoxy groups -OCH3 is 4. The Morgan fingerprint density at radius 1 is 0.607 bits per heavy atom. The minimum absolute atomic E-state index is 0.0446. The van der Waals surface area contributed by atoms with Crippen molar-refractivity contribution < 1.29 is 28.5 Å². The van der Waals surface area contributed by atoms with Crippen LogP contribution < -0.4 is 9.47 Å². The van der Waals surface area contributed by atoms with Gasteiger partial charge in [0.05, 0.1) is 39.6 Å². The summed E-state index contributed by atoms with van der Waals surface area (Å²) in [5.74, 6) is 0.101. The molecule has 6 heteroatoms. The first kappa shape index (κ1) is 19.2. The molecule has 0 N–H and O–H groups in total. The molecule has 0 saturated carbocycles. The summed E-state index contributed by atoms with van der Waals surface area (Å²) in [5.41, 5.74) is 1.25. The van der Waals surface area contributed by atoms with Crippen molar-refractivity contribution in [3.05, 3.63) is 71.2 Å². The van der Waals surface area contributed by atoms with Crippen LogP contribution in [-0.2, 0) is 19.1 Å². The van der Waals surface area contributed by atoms with Crippen molar-refractivity contribution in [2.45, 2.75) is 0 Å². The predicted octanol–water partition coefficient (Wildman–Crippen LogP) is 3.27. The van der Waals surface area contributed by atoms with Crippen molar-refractivity contribution in [2.75, 3.05) is 28.4 Å². The van der Waals surface area contributed by atoms with Gasteiger partial charge in [-0.15, -0.1) is 0 Å². The molecule has 0 aliphatic heterocycles. The van der Waals surface area contributed by atoms with Gasteiger partial charge in [-0.2, -0.15) is 0 Å². The average Bonchev–Trinajstić information content (AvgIpc) is 2.74. The van der Waals surface area contributed by atoms with E-state index in [2.05, 4.69) is 0 Å². The minimum Gasteiger partial charge on any atom is -0.497 e. The highest BCUT2D eigenvalue weighted by molar-refractivity contribution is 6.47. The van der Waals surface area contributed by atoms with Crippen LogP contribution in [0.4, 0.5) is 0 Å². The van der Waals surface area contributed by atoms with Gasteiger partial charge in [-0.1, -0.05) is 30.3 Å². The zero-order chi connectivity index (χ0) is 20.3. The van der Waals surface area contributed by atoms with E-state index in [4.69, 9.17) is 18.9 Å². The monoisotopic (exact) mass is 380 g/mol. The lowest BCUT2D eigenvalue weighted by Gasteiger charge is -2.23. The largest absolute Gasteiger partial charge is 0.497 e. The summed E-state index contributed by atoms with van der Waals surface area (Å²) >= 11 is 0. The van der Waals surface area contributed by atoms with Gasteiger partial charge in [-0.3, -0.25) is 9.59 Å². The first-order valence-electron chi connectivity index (χ1n) is 8.51. The second-order valence-electron chi connectivity index (χ2n) is 5.90. The zero-order valence-corrected chi connectivity index (χ0v) is 16.1. The smallest absolute Gasteiger partial charge is 0.232 e. The third-order valence-electron chi connectivity index (χ3n) is 4.48. The Kier molecular flexibility index (Phi) is 5.49. The van der Waals surface area contributed by atoms with E-state index in [-0.39, 0.29) is 22.7 Å². The topological polar surface area (TPSA) is 71.1 Å². The lowest BCUT2D eigenvalue weighted by Crippen LogP contribution is -2.25. The van der Waals surface area contributed by atoms with Gasteiger partial charge in [-0.05, 0) is 23.8 Å². The standard InChI is InChI=1S/C22H20O6/c1-25-14-11-9-13(10-12-14)17-19(23)22(28-4)18(20(24)21(17)27-3)15-7-5-6-8-16(15)26-2/h5-12H,1-4H3. The van der Waals surface area contributed by atoms with Gasteiger partial charge in [-0.25, -0.2) is 0 Å². The molecule has 144 valence electrons. The number of allylic oxidation sites excluding steroid dienone is 2. The van der Waals surface area contributed by atoms with E-state index in [1.807, 2.05) is 0 Å². The Hall–Kier alpha value is -3.54. The predicted molar refractivity (Wildman–Crippen MR) is 104 cm³/mol. The maximum Gasteiger partial charge on any atom is 0.232 e. The number of rotatable bonds is 6. The van der Waals surface area contributed by atoms with Gasteiger partial charge in [0.25, 0.3) is 0 Å². The number of benzene rings is 2.